The van der Waals surface area contributed by atoms with Gasteiger partial charge in [-0.2, -0.15) is 0 Å². The zero-order chi connectivity index (χ0) is 25.8. The molecule has 1 aliphatic rings. The van der Waals surface area contributed by atoms with Gasteiger partial charge in [0.05, 0.1) is 5.84 Å². The molecule has 35 heavy (non-hydrogen) atoms. The first kappa shape index (κ1) is 28.8. The summed E-state index contributed by atoms with van der Waals surface area (Å²) < 4.78 is 0. The third-order valence-corrected chi connectivity index (χ3v) is 7.12. The van der Waals surface area contributed by atoms with E-state index in [0.29, 0.717) is 17.7 Å². The van der Waals surface area contributed by atoms with Crippen molar-refractivity contribution in [3.05, 3.63) is 71.8 Å². The molecule has 0 saturated carbocycles. The van der Waals surface area contributed by atoms with Crippen molar-refractivity contribution in [3.8, 4) is 0 Å². The zero-order valence-corrected chi connectivity index (χ0v) is 22.8. The van der Waals surface area contributed by atoms with Gasteiger partial charge in [-0.15, -0.1) is 0 Å². The summed E-state index contributed by atoms with van der Waals surface area (Å²) >= 11 is 0. The molecule has 0 bridgehead atoms. The van der Waals surface area contributed by atoms with Crippen LogP contribution < -0.4 is 5.73 Å². The van der Waals surface area contributed by atoms with Crippen molar-refractivity contribution in [2.24, 2.45) is 22.6 Å². The standard InChI is InChI=1S/C21H27N.C10H20N2O/c1-2-18-13-15-22(16-14-18)17-21(19-9-5-3-6-10-19)20-11-7-4-8-12-20;1-7(2)6-10(5,8(3)13)12-9(4)11/h3-12,18,21H,2,13-17H2,1H3;7H,6H2,1-5H3,(H2,11,12). The van der Waals surface area contributed by atoms with Crippen molar-refractivity contribution < 1.29 is 4.79 Å². The molecule has 1 atom stereocenters. The van der Waals surface area contributed by atoms with Gasteiger partial charge >= 0.3 is 0 Å². The summed E-state index contributed by atoms with van der Waals surface area (Å²) in [5.74, 6) is 2.42. The van der Waals surface area contributed by atoms with Crippen molar-refractivity contribution in [2.45, 2.75) is 78.7 Å². The molecule has 0 aromatic heterocycles. The van der Waals surface area contributed by atoms with Crippen LogP contribution >= 0.6 is 0 Å². The lowest BCUT2D eigenvalue weighted by molar-refractivity contribution is -0.121. The van der Waals surface area contributed by atoms with Crippen LogP contribution in [0.2, 0.25) is 0 Å². The van der Waals surface area contributed by atoms with Crippen LogP contribution in [0.1, 0.15) is 84.3 Å². The van der Waals surface area contributed by atoms with Crippen LogP contribution in [0.3, 0.4) is 0 Å². The number of nitrogens with two attached hydrogens (primary N) is 1. The summed E-state index contributed by atoms with van der Waals surface area (Å²) in [7, 11) is 0. The predicted octanol–water partition coefficient (Wildman–Crippen LogP) is 6.70. The molecule has 2 aromatic rings. The number of piperidine rings is 1. The van der Waals surface area contributed by atoms with Gasteiger partial charge in [0.2, 0.25) is 0 Å². The van der Waals surface area contributed by atoms with E-state index in [1.807, 2.05) is 6.92 Å². The fourth-order valence-electron chi connectivity index (χ4n) is 5.06. The maximum absolute atomic E-state index is 11.4. The van der Waals surface area contributed by atoms with Crippen LogP contribution in [0.25, 0.3) is 0 Å². The summed E-state index contributed by atoms with van der Waals surface area (Å²) in [6, 6.07) is 22.0. The Hall–Kier alpha value is -2.46. The summed E-state index contributed by atoms with van der Waals surface area (Å²) in [6.07, 6.45) is 4.82. The number of likely N-dealkylation sites (tertiary alicyclic amines) is 1. The number of hydrogen-bond donors (Lipinski definition) is 1. The van der Waals surface area contributed by atoms with Gasteiger partial charge in [0, 0.05) is 12.5 Å². The summed E-state index contributed by atoms with van der Waals surface area (Å²) in [5, 5.41) is 0. The van der Waals surface area contributed by atoms with E-state index in [1.54, 1.807) is 13.8 Å². The van der Waals surface area contributed by atoms with Crippen molar-refractivity contribution >= 4 is 11.6 Å². The van der Waals surface area contributed by atoms with Crippen LogP contribution in [0.5, 0.6) is 0 Å². The van der Waals surface area contributed by atoms with Crippen LogP contribution in [-0.4, -0.2) is 41.7 Å². The first-order chi connectivity index (χ1) is 16.6. The Morgan fingerprint density at radius 2 is 1.49 bits per heavy atom. The Balaban J connectivity index is 0.000000287. The highest BCUT2D eigenvalue weighted by molar-refractivity contribution is 5.89. The van der Waals surface area contributed by atoms with Crippen LogP contribution in [0.4, 0.5) is 0 Å². The van der Waals surface area contributed by atoms with Crippen molar-refractivity contribution in [1.29, 1.82) is 0 Å². The minimum Gasteiger partial charge on any atom is -0.388 e. The van der Waals surface area contributed by atoms with Crippen LogP contribution in [0.15, 0.2) is 65.7 Å². The minimum atomic E-state index is -0.632. The molecule has 192 valence electrons. The van der Waals surface area contributed by atoms with E-state index < -0.39 is 5.54 Å². The largest absolute Gasteiger partial charge is 0.388 e. The normalized spacial score (nSPS) is 17.1. The third kappa shape index (κ3) is 9.60. The third-order valence-electron chi connectivity index (χ3n) is 7.12. The lowest BCUT2D eigenvalue weighted by Crippen LogP contribution is -2.36. The van der Waals surface area contributed by atoms with E-state index in [0.717, 1.165) is 18.9 Å². The Morgan fingerprint density at radius 1 is 1.00 bits per heavy atom. The van der Waals surface area contributed by atoms with Gasteiger partial charge in [0.1, 0.15) is 5.54 Å². The van der Waals surface area contributed by atoms with E-state index in [-0.39, 0.29) is 5.78 Å². The van der Waals surface area contributed by atoms with Crippen molar-refractivity contribution in [3.63, 3.8) is 0 Å². The van der Waals surface area contributed by atoms with E-state index in [4.69, 9.17) is 5.73 Å². The number of rotatable bonds is 9. The Kier molecular flexibility index (Phi) is 11.7. The lowest BCUT2D eigenvalue weighted by Gasteiger charge is -2.34. The first-order valence-corrected chi connectivity index (χ1v) is 13.3. The summed E-state index contributed by atoms with van der Waals surface area (Å²) in [5.41, 5.74) is 7.73. The number of benzene rings is 2. The average Bonchev–Trinajstić information content (AvgIpc) is 2.83. The van der Waals surface area contributed by atoms with Gasteiger partial charge in [0.15, 0.2) is 5.78 Å². The van der Waals surface area contributed by atoms with E-state index in [9.17, 15) is 4.79 Å². The molecule has 0 spiro atoms. The molecular formula is C31H47N3O. The number of aliphatic imine (C=N–C) groups is 1. The van der Waals surface area contributed by atoms with E-state index >= 15 is 0 Å². The summed E-state index contributed by atoms with van der Waals surface area (Å²) in [4.78, 5) is 18.2. The van der Waals surface area contributed by atoms with Gasteiger partial charge < -0.3 is 10.6 Å². The highest BCUT2D eigenvalue weighted by Gasteiger charge is 2.29. The molecule has 1 saturated heterocycles. The predicted molar refractivity (Wildman–Crippen MR) is 150 cm³/mol. The van der Waals surface area contributed by atoms with Crippen LogP contribution in [-0.2, 0) is 4.79 Å². The zero-order valence-electron chi connectivity index (χ0n) is 22.8. The first-order valence-electron chi connectivity index (χ1n) is 13.3. The molecule has 3 rings (SSSR count). The molecule has 1 heterocycles. The molecule has 0 radical (unpaired) electrons. The second-order valence-electron chi connectivity index (χ2n) is 10.7. The molecule has 1 fully saturated rings. The average molecular weight is 478 g/mol. The Morgan fingerprint density at radius 3 is 1.86 bits per heavy atom. The van der Waals surface area contributed by atoms with Gasteiger partial charge in [-0.05, 0) is 76.1 Å². The fourth-order valence-corrected chi connectivity index (χ4v) is 5.06. The molecule has 1 unspecified atom stereocenters. The van der Waals surface area contributed by atoms with E-state index in [2.05, 4.69) is 91.3 Å². The van der Waals surface area contributed by atoms with Gasteiger partial charge in [-0.1, -0.05) is 87.9 Å². The second kappa shape index (κ2) is 14.2. The Bertz CT molecular complexity index is 858. The number of nitrogens with zero attached hydrogens (tertiary/aromatic N) is 2. The van der Waals surface area contributed by atoms with Crippen LogP contribution in [0, 0.1) is 11.8 Å². The quantitative estimate of drug-likeness (QED) is 0.323. The molecule has 4 heteroatoms. The van der Waals surface area contributed by atoms with Crippen molar-refractivity contribution in [2.75, 3.05) is 19.6 Å². The summed E-state index contributed by atoms with van der Waals surface area (Å²) in [6.45, 7) is 15.2. The second-order valence-corrected chi connectivity index (χ2v) is 10.7. The maximum atomic E-state index is 11.4. The number of Topliss-reactive ketones (excluding diaryl/α,β-unsaturated/α-hetero) is 1. The molecule has 2 aromatic carbocycles. The smallest absolute Gasteiger partial charge is 0.157 e. The number of carbonyl (C=O) groups excluding carboxylic acids is 1. The van der Waals surface area contributed by atoms with Crippen molar-refractivity contribution in [1.82, 2.24) is 4.90 Å². The fraction of sp³-hybridized carbons (Fsp3) is 0.548. The molecule has 1 aliphatic heterocycles. The van der Waals surface area contributed by atoms with Gasteiger partial charge in [-0.25, -0.2) is 0 Å². The number of hydrogen-bond acceptors (Lipinski definition) is 3. The molecule has 4 nitrogen and oxygen atoms in total. The molecular weight excluding hydrogens is 430 g/mol. The monoisotopic (exact) mass is 477 g/mol. The van der Waals surface area contributed by atoms with Gasteiger partial charge in [-0.3, -0.25) is 9.79 Å². The number of ketones is 1. The molecule has 0 aliphatic carbocycles. The highest BCUT2D eigenvalue weighted by Crippen LogP contribution is 2.28. The lowest BCUT2D eigenvalue weighted by atomic mass is 9.88. The number of amidine groups is 1. The van der Waals surface area contributed by atoms with Gasteiger partial charge in [0.25, 0.3) is 0 Å². The topological polar surface area (TPSA) is 58.7 Å². The maximum Gasteiger partial charge on any atom is 0.157 e. The minimum absolute atomic E-state index is 0.0750. The Labute approximate surface area is 214 Å². The SMILES string of the molecule is CC(=O)C(C)(CC(C)C)N=C(C)N.CCC1CCN(CC(c2ccccc2)c2ccccc2)CC1. The highest BCUT2D eigenvalue weighted by atomic mass is 16.1. The number of carbonyl (C=O) groups is 1. The van der Waals surface area contributed by atoms with E-state index in [1.165, 1.54) is 43.5 Å². The molecule has 2 N–H and O–H groups in total. The molecule has 0 amide bonds.